The van der Waals surface area contributed by atoms with Crippen molar-refractivity contribution >= 4 is 11.9 Å². The summed E-state index contributed by atoms with van der Waals surface area (Å²) in [6.07, 6.45) is 2.06. The molecule has 1 aliphatic rings. The van der Waals surface area contributed by atoms with Crippen LogP contribution in [0.2, 0.25) is 0 Å². The molecule has 1 unspecified atom stereocenters. The van der Waals surface area contributed by atoms with Crippen LogP contribution in [-0.2, 0) is 14.3 Å². The summed E-state index contributed by atoms with van der Waals surface area (Å²) in [4.78, 5) is 23.7. The van der Waals surface area contributed by atoms with Gasteiger partial charge in [0.15, 0.2) is 0 Å². The number of nitrogens with zero attached hydrogens (tertiary/aromatic N) is 1. The van der Waals surface area contributed by atoms with E-state index in [1.807, 2.05) is 11.8 Å². The van der Waals surface area contributed by atoms with E-state index < -0.39 is 11.9 Å². The lowest BCUT2D eigenvalue weighted by molar-refractivity contribution is -0.167. The minimum Gasteiger partial charge on any atom is -0.391 e. The highest BCUT2D eigenvalue weighted by molar-refractivity contribution is 5.90. The van der Waals surface area contributed by atoms with Crippen molar-refractivity contribution in [3.05, 3.63) is 0 Å². The fraction of sp³-hybridized carbons (Fsp3) is 0.778. The monoisotopic (exact) mass is 185 g/mol. The largest absolute Gasteiger partial charge is 0.391 e. The molecule has 1 aliphatic heterocycles. The van der Waals surface area contributed by atoms with Crippen LogP contribution in [0.15, 0.2) is 0 Å². The van der Waals surface area contributed by atoms with Crippen LogP contribution in [-0.4, -0.2) is 36.0 Å². The lowest BCUT2D eigenvalue weighted by Crippen LogP contribution is -2.47. The Labute approximate surface area is 77.8 Å². The molecule has 0 N–H and O–H groups in total. The van der Waals surface area contributed by atoms with Gasteiger partial charge in [0.2, 0.25) is 0 Å². The predicted octanol–water partition coefficient (Wildman–Crippen LogP) is 0.560. The van der Waals surface area contributed by atoms with Crippen molar-refractivity contribution in [2.75, 3.05) is 13.1 Å². The fourth-order valence-corrected chi connectivity index (χ4v) is 1.49. The van der Waals surface area contributed by atoms with Crippen molar-refractivity contribution in [1.82, 2.24) is 4.90 Å². The van der Waals surface area contributed by atoms with Gasteiger partial charge in [0.05, 0.1) is 13.1 Å². The van der Waals surface area contributed by atoms with E-state index in [0.29, 0.717) is 0 Å². The van der Waals surface area contributed by atoms with E-state index in [1.165, 1.54) is 0 Å². The zero-order valence-corrected chi connectivity index (χ0v) is 8.08. The third kappa shape index (κ3) is 2.81. The minimum atomic E-state index is -0.431. The highest BCUT2D eigenvalue weighted by atomic mass is 16.6. The molecular formula is C9H15NO3. The molecule has 4 heteroatoms. The maximum absolute atomic E-state index is 10.9. The number of hydrogen-bond acceptors (Lipinski definition) is 4. The van der Waals surface area contributed by atoms with Crippen LogP contribution in [0.1, 0.15) is 26.7 Å². The van der Waals surface area contributed by atoms with E-state index in [-0.39, 0.29) is 19.1 Å². The number of carbonyl (C=O) groups excluding carboxylic acids is 2. The molecule has 1 fully saturated rings. The molecule has 0 amide bonds. The van der Waals surface area contributed by atoms with Gasteiger partial charge in [0.25, 0.3) is 0 Å². The Bertz CT molecular complexity index is 199. The van der Waals surface area contributed by atoms with Gasteiger partial charge in [-0.15, -0.1) is 0 Å². The summed E-state index contributed by atoms with van der Waals surface area (Å²) in [7, 11) is 0. The first-order valence-corrected chi connectivity index (χ1v) is 4.61. The van der Waals surface area contributed by atoms with E-state index in [1.54, 1.807) is 0 Å². The summed E-state index contributed by atoms with van der Waals surface area (Å²) in [5.41, 5.74) is 0. The zero-order valence-electron chi connectivity index (χ0n) is 8.08. The number of rotatable bonds is 3. The summed E-state index contributed by atoms with van der Waals surface area (Å²) in [5.74, 6) is -0.863. The summed E-state index contributed by atoms with van der Waals surface area (Å²) in [5, 5.41) is 0. The standard InChI is InChI=1S/C9H15NO3/c1-3-4-7(2)10-5-8(11)13-9(12)6-10/h7H,3-6H2,1-2H3. The Morgan fingerprint density at radius 2 is 1.92 bits per heavy atom. The average molecular weight is 185 g/mol. The molecule has 13 heavy (non-hydrogen) atoms. The lowest BCUT2D eigenvalue weighted by atomic mass is 10.1. The molecule has 0 spiro atoms. The minimum absolute atomic E-state index is 0.243. The van der Waals surface area contributed by atoms with Crippen LogP contribution in [0.5, 0.6) is 0 Å². The van der Waals surface area contributed by atoms with E-state index in [0.717, 1.165) is 12.8 Å². The van der Waals surface area contributed by atoms with Gasteiger partial charge in [-0.05, 0) is 13.3 Å². The maximum Gasteiger partial charge on any atom is 0.327 e. The Morgan fingerprint density at radius 1 is 1.38 bits per heavy atom. The van der Waals surface area contributed by atoms with Crippen molar-refractivity contribution in [3.63, 3.8) is 0 Å². The summed E-state index contributed by atoms with van der Waals surface area (Å²) >= 11 is 0. The zero-order chi connectivity index (χ0) is 9.84. The van der Waals surface area contributed by atoms with Crippen molar-refractivity contribution in [1.29, 1.82) is 0 Å². The van der Waals surface area contributed by atoms with E-state index in [2.05, 4.69) is 11.7 Å². The molecule has 0 aliphatic carbocycles. The van der Waals surface area contributed by atoms with E-state index in [4.69, 9.17) is 0 Å². The molecule has 0 aromatic heterocycles. The van der Waals surface area contributed by atoms with Gasteiger partial charge in [-0.1, -0.05) is 13.3 Å². The van der Waals surface area contributed by atoms with Crippen LogP contribution in [0, 0.1) is 0 Å². The number of cyclic esters (lactones) is 2. The Hall–Kier alpha value is -0.900. The normalized spacial score (nSPS) is 21.4. The molecule has 1 atom stereocenters. The van der Waals surface area contributed by atoms with Crippen molar-refractivity contribution in [3.8, 4) is 0 Å². The maximum atomic E-state index is 10.9. The van der Waals surface area contributed by atoms with Crippen LogP contribution in [0.4, 0.5) is 0 Å². The molecule has 0 radical (unpaired) electrons. The predicted molar refractivity (Wildman–Crippen MR) is 47.0 cm³/mol. The second kappa shape index (κ2) is 4.37. The topological polar surface area (TPSA) is 46.6 Å². The Kier molecular flexibility index (Phi) is 3.42. The van der Waals surface area contributed by atoms with Crippen LogP contribution in [0.25, 0.3) is 0 Å². The van der Waals surface area contributed by atoms with Gasteiger partial charge in [-0.2, -0.15) is 0 Å². The molecule has 0 aromatic carbocycles. The number of ether oxygens (including phenoxy) is 1. The van der Waals surface area contributed by atoms with Crippen molar-refractivity contribution < 1.29 is 14.3 Å². The molecule has 0 saturated carbocycles. The van der Waals surface area contributed by atoms with E-state index in [9.17, 15) is 9.59 Å². The van der Waals surface area contributed by atoms with Gasteiger partial charge >= 0.3 is 11.9 Å². The molecule has 74 valence electrons. The number of hydrogen-bond donors (Lipinski definition) is 0. The molecule has 4 nitrogen and oxygen atoms in total. The summed E-state index contributed by atoms with van der Waals surface area (Å²) in [6, 6.07) is 0.279. The fourth-order valence-electron chi connectivity index (χ4n) is 1.49. The molecule has 1 rings (SSSR count). The SMILES string of the molecule is CCCC(C)N1CC(=O)OC(=O)C1. The number of morpholine rings is 1. The van der Waals surface area contributed by atoms with Crippen molar-refractivity contribution in [2.45, 2.75) is 32.7 Å². The highest BCUT2D eigenvalue weighted by Crippen LogP contribution is 2.09. The highest BCUT2D eigenvalue weighted by Gasteiger charge is 2.27. The molecule has 1 saturated heterocycles. The van der Waals surface area contributed by atoms with Crippen molar-refractivity contribution in [2.24, 2.45) is 0 Å². The van der Waals surface area contributed by atoms with Gasteiger partial charge in [0.1, 0.15) is 0 Å². The average Bonchev–Trinajstić information content (AvgIpc) is 2.03. The van der Waals surface area contributed by atoms with E-state index >= 15 is 0 Å². The molecule has 0 aromatic rings. The second-order valence-corrected chi connectivity index (χ2v) is 3.39. The first kappa shape index (κ1) is 10.2. The smallest absolute Gasteiger partial charge is 0.327 e. The molecular weight excluding hydrogens is 170 g/mol. The summed E-state index contributed by atoms with van der Waals surface area (Å²) in [6.45, 7) is 4.59. The molecule has 1 heterocycles. The Balaban J connectivity index is 2.49. The first-order chi connectivity index (χ1) is 6.13. The van der Waals surface area contributed by atoms with Crippen LogP contribution >= 0.6 is 0 Å². The summed E-state index contributed by atoms with van der Waals surface area (Å²) < 4.78 is 4.43. The third-order valence-corrected chi connectivity index (χ3v) is 2.22. The van der Waals surface area contributed by atoms with Gasteiger partial charge in [-0.3, -0.25) is 14.5 Å². The quantitative estimate of drug-likeness (QED) is 0.476. The van der Waals surface area contributed by atoms with Gasteiger partial charge in [-0.25, -0.2) is 0 Å². The second-order valence-electron chi connectivity index (χ2n) is 3.39. The molecule has 0 bridgehead atoms. The Morgan fingerprint density at radius 3 is 2.38 bits per heavy atom. The lowest BCUT2D eigenvalue weighted by Gasteiger charge is -2.29. The van der Waals surface area contributed by atoms with Crippen LogP contribution < -0.4 is 0 Å². The number of esters is 2. The first-order valence-electron chi connectivity index (χ1n) is 4.61. The van der Waals surface area contributed by atoms with Crippen LogP contribution in [0.3, 0.4) is 0 Å². The van der Waals surface area contributed by atoms with Gasteiger partial charge in [0, 0.05) is 6.04 Å². The van der Waals surface area contributed by atoms with Gasteiger partial charge < -0.3 is 4.74 Å². The number of carbonyl (C=O) groups is 2. The third-order valence-electron chi connectivity index (χ3n) is 2.22.